The van der Waals surface area contributed by atoms with Crippen LogP contribution in [-0.4, -0.2) is 194 Å². The van der Waals surface area contributed by atoms with Gasteiger partial charge in [-0.1, -0.05) is 12.8 Å². The predicted molar refractivity (Wildman–Crippen MR) is 167 cm³/mol. The van der Waals surface area contributed by atoms with Crippen LogP contribution in [0.5, 0.6) is 0 Å². The largest absolute Gasteiger partial charge is 0.394 e. The summed E-state index contributed by atoms with van der Waals surface area (Å²) in [5, 5.41) is 104. The Bertz CT molecular complexity index is 858. The number of amides is 4. The Morgan fingerprint density at radius 3 is 1.27 bits per heavy atom. The van der Waals surface area contributed by atoms with Gasteiger partial charge in [-0.3, -0.25) is 19.2 Å². The molecule has 20 nitrogen and oxygen atoms in total. The van der Waals surface area contributed by atoms with Crippen molar-refractivity contribution in [3.8, 4) is 0 Å². The summed E-state index contributed by atoms with van der Waals surface area (Å²) in [6, 6.07) is 0. The summed E-state index contributed by atoms with van der Waals surface area (Å²) >= 11 is 0. The van der Waals surface area contributed by atoms with E-state index in [2.05, 4.69) is 21.3 Å². The molecule has 8 atom stereocenters. The molecule has 48 heavy (non-hydrogen) atoms. The van der Waals surface area contributed by atoms with Gasteiger partial charge >= 0.3 is 0 Å². The second kappa shape index (κ2) is 26.3. The molecule has 0 aliphatic rings. The van der Waals surface area contributed by atoms with Crippen LogP contribution in [0.3, 0.4) is 0 Å². The van der Waals surface area contributed by atoms with Gasteiger partial charge < -0.3 is 83.0 Å². The van der Waals surface area contributed by atoms with Crippen molar-refractivity contribution in [1.29, 1.82) is 0 Å². The molecule has 0 saturated carbocycles. The first-order valence-electron chi connectivity index (χ1n) is 15.9. The predicted octanol–water partition coefficient (Wildman–Crippen LogP) is -8.08. The van der Waals surface area contributed by atoms with Crippen LogP contribution in [0.4, 0.5) is 0 Å². The zero-order valence-corrected chi connectivity index (χ0v) is 27.1. The normalized spacial score (nSPS) is 16.6. The van der Waals surface area contributed by atoms with Crippen molar-refractivity contribution in [2.24, 2.45) is 5.73 Å². The molecule has 0 bridgehead atoms. The Labute approximate surface area is 278 Å². The molecule has 0 aromatic rings. The lowest BCUT2D eigenvalue weighted by molar-refractivity contribution is -0.149. The Morgan fingerprint density at radius 1 is 0.521 bits per heavy atom. The molecule has 0 aromatic carbocycles. The maximum absolute atomic E-state index is 12.4. The van der Waals surface area contributed by atoms with Crippen molar-refractivity contribution in [2.45, 2.75) is 87.4 Å². The minimum atomic E-state index is -2.09. The second-order valence-electron chi connectivity index (χ2n) is 11.2. The average molecular weight is 701 g/mol. The summed E-state index contributed by atoms with van der Waals surface area (Å²) < 4.78 is 0. The van der Waals surface area contributed by atoms with Gasteiger partial charge in [0.05, 0.1) is 13.2 Å². The number of carbonyl (C=O) groups excluding carboxylic acids is 4. The van der Waals surface area contributed by atoms with E-state index in [9.17, 15) is 60.0 Å². The number of nitrogens with one attached hydrogen (secondary N) is 4. The lowest BCUT2D eigenvalue weighted by Crippen LogP contribution is -2.52. The highest BCUT2D eigenvalue weighted by Crippen LogP contribution is 2.07. The maximum atomic E-state index is 12.4. The van der Waals surface area contributed by atoms with Crippen molar-refractivity contribution in [3.05, 3.63) is 0 Å². The fraction of sp³-hybridized carbons (Fsp3) is 0.857. The summed E-state index contributed by atoms with van der Waals surface area (Å²) in [7, 11) is 0. The number of unbranched alkanes of at least 4 members (excludes halogenated alkanes) is 3. The Balaban J connectivity index is 4.61. The molecule has 0 fully saturated rings. The summed E-state index contributed by atoms with van der Waals surface area (Å²) in [5.41, 5.74) is 5.53. The number of carbonyl (C=O) groups is 4. The molecule has 282 valence electrons. The first kappa shape index (κ1) is 45.4. The van der Waals surface area contributed by atoms with Crippen molar-refractivity contribution in [3.63, 3.8) is 0 Å². The summed E-state index contributed by atoms with van der Waals surface area (Å²) in [4.78, 5) is 50.6. The third kappa shape index (κ3) is 18.8. The standard InChI is InChI=1S/C28H56N6O14/c29-7-3-1-2-4-12-34(13-5-19(39)30-8-10-32-27(47)25(45)23(43)21(41)17(37)15-35)14-6-20(40)31-9-11-33-28(48)26(46)24(44)22(42)18(38)16-36/h17-18,21-26,35-38,41-46H,1-16,29H2,(H,30,39)(H,31,40)(H,32,47)(H,33,48)/t17-,18-,21+,22+,23+,24+,25+,26+/m0/s1. The molecular formula is C28H56N6O14. The van der Waals surface area contributed by atoms with Crippen molar-refractivity contribution >= 4 is 23.6 Å². The highest BCUT2D eigenvalue weighted by Gasteiger charge is 2.35. The molecule has 20 heteroatoms. The van der Waals surface area contributed by atoms with E-state index >= 15 is 0 Å². The van der Waals surface area contributed by atoms with E-state index in [0.29, 0.717) is 26.2 Å². The molecule has 0 saturated heterocycles. The topological polar surface area (TPSA) is 348 Å². The van der Waals surface area contributed by atoms with Gasteiger partial charge in [0, 0.05) is 52.1 Å². The van der Waals surface area contributed by atoms with E-state index in [1.807, 2.05) is 4.90 Å². The molecule has 0 aliphatic carbocycles. The number of nitrogens with two attached hydrogens (primary N) is 1. The number of hydrogen-bond donors (Lipinski definition) is 15. The quantitative estimate of drug-likeness (QED) is 0.0337. The number of hydrogen-bond acceptors (Lipinski definition) is 16. The van der Waals surface area contributed by atoms with Crippen LogP contribution in [0.15, 0.2) is 0 Å². The molecule has 0 aromatic heterocycles. The summed E-state index contributed by atoms with van der Waals surface area (Å²) in [6.07, 6.45) is -12.1. The van der Waals surface area contributed by atoms with Gasteiger partial charge in [0.1, 0.15) is 36.6 Å². The molecule has 4 amide bonds. The third-order valence-corrected chi connectivity index (χ3v) is 7.28. The smallest absolute Gasteiger partial charge is 0.251 e. The van der Waals surface area contributed by atoms with Gasteiger partial charge in [-0.25, -0.2) is 0 Å². The van der Waals surface area contributed by atoms with Gasteiger partial charge in [0.2, 0.25) is 11.8 Å². The molecule has 0 rings (SSSR count). The first-order chi connectivity index (χ1) is 22.7. The van der Waals surface area contributed by atoms with Crippen molar-refractivity contribution < 1.29 is 70.2 Å². The SMILES string of the molecule is NCCCCCCN(CCC(=O)NCCNC(=O)[C@H](O)[C@H](O)[C@H](O)[C@@H](O)CO)CCC(=O)NCCNC(=O)[C@H](O)[C@H](O)[C@H](O)[C@@H](O)CO. The molecule has 0 spiro atoms. The zero-order valence-electron chi connectivity index (χ0n) is 27.1. The van der Waals surface area contributed by atoms with Crippen LogP contribution < -0.4 is 27.0 Å². The van der Waals surface area contributed by atoms with Gasteiger partial charge in [0.15, 0.2) is 12.2 Å². The fourth-order valence-corrected chi connectivity index (χ4v) is 4.20. The lowest BCUT2D eigenvalue weighted by Gasteiger charge is -2.25. The van der Waals surface area contributed by atoms with Crippen LogP contribution in [0.25, 0.3) is 0 Å². The van der Waals surface area contributed by atoms with Crippen LogP contribution in [0, 0.1) is 0 Å². The minimum Gasteiger partial charge on any atom is -0.394 e. The first-order valence-corrected chi connectivity index (χ1v) is 15.9. The molecular weight excluding hydrogens is 644 g/mol. The van der Waals surface area contributed by atoms with Gasteiger partial charge in [-0.2, -0.15) is 0 Å². The van der Waals surface area contributed by atoms with E-state index in [1.165, 1.54) is 0 Å². The fourth-order valence-electron chi connectivity index (χ4n) is 4.20. The Kier molecular flexibility index (Phi) is 24.9. The van der Waals surface area contributed by atoms with Gasteiger partial charge in [-0.05, 0) is 25.9 Å². The van der Waals surface area contributed by atoms with E-state index in [-0.39, 0.29) is 50.8 Å². The number of aliphatic hydroxyl groups excluding tert-OH is 10. The molecule has 0 heterocycles. The van der Waals surface area contributed by atoms with Crippen LogP contribution >= 0.6 is 0 Å². The Morgan fingerprint density at radius 2 is 0.896 bits per heavy atom. The van der Waals surface area contributed by atoms with Crippen molar-refractivity contribution in [2.75, 3.05) is 65.6 Å². The molecule has 0 aliphatic heterocycles. The zero-order chi connectivity index (χ0) is 36.6. The average Bonchev–Trinajstić information content (AvgIpc) is 3.09. The summed E-state index contributed by atoms with van der Waals surface area (Å²) in [5.74, 6) is -2.84. The van der Waals surface area contributed by atoms with E-state index in [1.54, 1.807) is 0 Å². The minimum absolute atomic E-state index is 0.0194. The van der Waals surface area contributed by atoms with Crippen LogP contribution in [-0.2, 0) is 19.2 Å². The van der Waals surface area contributed by atoms with E-state index in [4.69, 9.17) is 15.9 Å². The monoisotopic (exact) mass is 700 g/mol. The van der Waals surface area contributed by atoms with Gasteiger partial charge in [-0.15, -0.1) is 0 Å². The van der Waals surface area contributed by atoms with Crippen LogP contribution in [0.2, 0.25) is 0 Å². The highest BCUT2D eigenvalue weighted by atomic mass is 16.4. The lowest BCUT2D eigenvalue weighted by atomic mass is 10.0. The van der Waals surface area contributed by atoms with E-state index in [0.717, 1.165) is 25.7 Å². The van der Waals surface area contributed by atoms with Crippen LogP contribution in [0.1, 0.15) is 38.5 Å². The van der Waals surface area contributed by atoms with Gasteiger partial charge in [0.25, 0.3) is 11.8 Å². The second-order valence-corrected chi connectivity index (χ2v) is 11.2. The highest BCUT2D eigenvalue weighted by molar-refractivity contribution is 5.82. The molecule has 16 N–H and O–H groups in total. The van der Waals surface area contributed by atoms with Crippen molar-refractivity contribution in [1.82, 2.24) is 26.2 Å². The maximum Gasteiger partial charge on any atom is 0.251 e. The molecule has 0 unspecified atom stereocenters. The number of rotatable bonds is 28. The summed E-state index contributed by atoms with van der Waals surface area (Å²) in [6.45, 7) is -0.264. The third-order valence-electron chi connectivity index (χ3n) is 7.28. The number of aliphatic hydroxyl groups is 10. The number of nitrogens with zero attached hydrogens (tertiary/aromatic N) is 1. The van der Waals surface area contributed by atoms with E-state index < -0.39 is 73.9 Å². The Hall–Kier alpha value is -2.60. The molecule has 0 radical (unpaired) electrons.